The van der Waals surface area contributed by atoms with E-state index < -0.39 is 30.1 Å². The van der Waals surface area contributed by atoms with E-state index in [4.69, 9.17) is 9.31 Å². The molecule has 2 rings (SSSR count). The zero-order chi connectivity index (χ0) is 19.8. The van der Waals surface area contributed by atoms with E-state index in [9.17, 15) is 18.0 Å². The molecule has 0 radical (unpaired) electrons. The number of nitrogens with one attached hydrogen (secondary N) is 1. The summed E-state index contributed by atoms with van der Waals surface area (Å²) in [7, 11) is 1.06. The number of carbonyl (C=O) groups excluding carboxylic acids is 1. The van der Waals surface area contributed by atoms with Crippen molar-refractivity contribution >= 4 is 19.5 Å². The van der Waals surface area contributed by atoms with E-state index in [0.717, 1.165) is 6.07 Å². The highest BCUT2D eigenvalue weighted by Gasteiger charge is 2.52. The van der Waals surface area contributed by atoms with Gasteiger partial charge in [-0.2, -0.15) is 13.2 Å². The van der Waals surface area contributed by atoms with Crippen LogP contribution in [-0.2, 0) is 15.5 Å². The van der Waals surface area contributed by atoms with Crippen molar-refractivity contribution in [1.29, 1.82) is 0 Å². The summed E-state index contributed by atoms with van der Waals surface area (Å²) < 4.78 is 51.5. The molecule has 0 unspecified atom stereocenters. The molecule has 0 saturated carbocycles. The van der Waals surface area contributed by atoms with Gasteiger partial charge in [0.05, 0.1) is 16.8 Å². The fourth-order valence-electron chi connectivity index (χ4n) is 2.63. The van der Waals surface area contributed by atoms with Crippen LogP contribution in [0, 0.1) is 0 Å². The minimum Gasteiger partial charge on any atom is -0.400 e. The SMILES string of the molecule is CNCC(=Cc1ccc(C=O)c(C(F)(F)F)c1)B1OC(C)(C)C(C)(C)O1. The minimum absolute atomic E-state index is 0.207. The maximum Gasteiger partial charge on any atom is 0.491 e. The van der Waals surface area contributed by atoms with Gasteiger partial charge in [-0.15, -0.1) is 0 Å². The number of benzene rings is 1. The van der Waals surface area contributed by atoms with Crippen molar-refractivity contribution in [2.24, 2.45) is 0 Å². The third-order valence-corrected chi connectivity index (χ3v) is 4.80. The molecule has 1 aliphatic heterocycles. The summed E-state index contributed by atoms with van der Waals surface area (Å²) in [5, 5.41) is 2.98. The quantitative estimate of drug-likeness (QED) is 0.635. The molecule has 4 nitrogen and oxygen atoms in total. The smallest absolute Gasteiger partial charge is 0.400 e. The second-order valence-corrected chi connectivity index (χ2v) is 7.30. The van der Waals surface area contributed by atoms with Gasteiger partial charge in [0, 0.05) is 12.1 Å². The molecule has 142 valence electrons. The van der Waals surface area contributed by atoms with E-state index in [0.29, 0.717) is 17.6 Å². The molecule has 0 aliphatic carbocycles. The number of halogens is 3. The van der Waals surface area contributed by atoms with E-state index in [-0.39, 0.29) is 11.8 Å². The van der Waals surface area contributed by atoms with Gasteiger partial charge in [-0.25, -0.2) is 0 Å². The van der Waals surface area contributed by atoms with Crippen molar-refractivity contribution in [3.8, 4) is 0 Å². The van der Waals surface area contributed by atoms with E-state index in [1.165, 1.54) is 12.1 Å². The van der Waals surface area contributed by atoms with Gasteiger partial charge in [-0.05, 0) is 51.8 Å². The average Bonchev–Trinajstić information content (AvgIpc) is 2.74. The van der Waals surface area contributed by atoms with Crippen LogP contribution in [0.4, 0.5) is 13.2 Å². The van der Waals surface area contributed by atoms with Crippen LogP contribution < -0.4 is 5.32 Å². The maximum atomic E-state index is 13.2. The number of hydrogen-bond donors (Lipinski definition) is 1. The number of carbonyl (C=O) groups is 1. The van der Waals surface area contributed by atoms with Gasteiger partial charge in [0.25, 0.3) is 0 Å². The number of rotatable bonds is 5. The predicted molar refractivity (Wildman–Crippen MR) is 94.8 cm³/mol. The van der Waals surface area contributed by atoms with Crippen molar-refractivity contribution < 1.29 is 27.3 Å². The lowest BCUT2D eigenvalue weighted by Crippen LogP contribution is -2.41. The van der Waals surface area contributed by atoms with Crippen LogP contribution in [0.5, 0.6) is 0 Å². The molecule has 1 aromatic carbocycles. The zero-order valence-corrected chi connectivity index (χ0v) is 15.5. The second-order valence-electron chi connectivity index (χ2n) is 7.30. The van der Waals surface area contributed by atoms with Crippen LogP contribution >= 0.6 is 0 Å². The summed E-state index contributed by atoms with van der Waals surface area (Å²) in [4.78, 5) is 10.9. The zero-order valence-electron chi connectivity index (χ0n) is 15.5. The van der Waals surface area contributed by atoms with Crippen LogP contribution in [-0.4, -0.2) is 38.2 Å². The standard InChI is InChI=1S/C18H23BF3NO3/c1-16(2)17(3,4)26-19(25-16)14(10-23-5)8-12-6-7-13(11-24)15(9-12)18(20,21)22/h6-9,11,23H,10H2,1-5H3. The third kappa shape index (κ3) is 4.19. The Hall–Kier alpha value is -1.64. The van der Waals surface area contributed by atoms with Crippen LogP contribution in [0.25, 0.3) is 6.08 Å². The van der Waals surface area contributed by atoms with E-state index in [2.05, 4.69) is 5.32 Å². The molecule has 0 spiro atoms. The van der Waals surface area contributed by atoms with E-state index >= 15 is 0 Å². The number of aldehydes is 1. The third-order valence-electron chi connectivity index (χ3n) is 4.80. The maximum absolute atomic E-state index is 13.2. The Kier molecular flexibility index (Phi) is 5.70. The lowest BCUT2D eigenvalue weighted by molar-refractivity contribution is -0.137. The summed E-state index contributed by atoms with van der Waals surface area (Å²) >= 11 is 0. The Labute approximate surface area is 151 Å². The monoisotopic (exact) mass is 369 g/mol. The second kappa shape index (κ2) is 7.17. The van der Waals surface area contributed by atoms with Crippen molar-refractivity contribution in [2.75, 3.05) is 13.6 Å². The topological polar surface area (TPSA) is 47.6 Å². The fraction of sp³-hybridized carbons (Fsp3) is 0.500. The molecule has 0 aromatic heterocycles. The fourth-order valence-corrected chi connectivity index (χ4v) is 2.63. The Balaban J connectivity index is 2.43. The summed E-state index contributed by atoms with van der Waals surface area (Å²) in [6.45, 7) is 8.01. The van der Waals surface area contributed by atoms with Gasteiger partial charge >= 0.3 is 13.3 Å². The number of alkyl halides is 3. The first-order valence-corrected chi connectivity index (χ1v) is 8.28. The Morgan fingerprint density at radius 1 is 1.19 bits per heavy atom. The molecule has 8 heteroatoms. The minimum atomic E-state index is -4.60. The molecule has 26 heavy (non-hydrogen) atoms. The lowest BCUT2D eigenvalue weighted by Gasteiger charge is -2.32. The highest BCUT2D eigenvalue weighted by molar-refractivity contribution is 6.55. The number of likely N-dealkylation sites (N-methyl/N-ethyl adjacent to an activating group) is 1. The normalized spacial score (nSPS) is 19.7. The summed E-state index contributed by atoms with van der Waals surface area (Å²) in [6.07, 6.45) is -2.80. The van der Waals surface area contributed by atoms with Gasteiger partial charge in [-0.1, -0.05) is 18.2 Å². The van der Waals surface area contributed by atoms with Crippen molar-refractivity contribution in [2.45, 2.75) is 45.1 Å². The molecule has 1 N–H and O–H groups in total. The highest BCUT2D eigenvalue weighted by atomic mass is 19.4. The average molecular weight is 369 g/mol. The first-order chi connectivity index (χ1) is 11.9. The lowest BCUT2D eigenvalue weighted by atomic mass is 9.77. The number of hydrogen-bond acceptors (Lipinski definition) is 4. The molecule has 0 atom stereocenters. The first-order valence-electron chi connectivity index (χ1n) is 8.28. The Morgan fingerprint density at radius 2 is 1.77 bits per heavy atom. The molecule has 0 amide bonds. The van der Waals surface area contributed by atoms with E-state index in [1.807, 2.05) is 27.7 Å². The molecule has 1 aromatic rings. The van der Waals surface area contributed by atoms with Crippen molar-refractivity contribution in [1.82, 2.24) is 5.32 Å². The van der Waals surface area contributed by atoms with Crippen LogP contribution in [0.3, 0.4) is 0 Å². The summed E-state index contributed by atoms with van der Waals surface area (Å²) in [6, 6.07) is 3.60. The van der Waals surface area contributed by atoms with Gasteiger partial charge in [0.15, 0.2) is 6.29 Å². The van der Waals surface area contributed by atoms with Gasteiger partial charge in [0.1, 0.15) is 0 Å². The molecule has 1 fully saturated rings. The summed E-state index contributed by atoms with van der Waals surface area (Å²) in [5.41, 5.74) is -1.47. The highest BCUT2D eigenvalue weighted by Crippen LogP contribution is 2.39. The molecule has 1 saturated heterocycles. The largest absolute Gasteiger partial charge is 0.491 e. The Morgan fingerprint density at radius 3 is 2.23 bits per heavy atom. The van der Waals surface area contributed by atoms with Gasteiger partial charge in [0.2, 0.25) is 0 Å². The van der Waals surface area contributed by atoms with Crippen molar-refractivity contribution in [3.63, 3.8) is 0 Å². The van der Waals surface area contributed by atoms with Crippen LogP contribution in [0.2, 0.25) is 0 Å². The summed E-state index contributed by atoms with van der Waals surface area (Å²) in [5.74, 6) is 0. The first kappa shape index (κ1) is 20.7. The van der Waals surface area contributed by atoms with Gasteiger partial charge in [-0.3, -0.25) is 4.79 Å². The van der Waals surface area contributed by atoms with Crippen molar-refractivity contribution in [3.05, 3.63) is 40.4 Å². The predicted octanol–water partition coefficient (Wildman–Crippen LogP) is 3.75. The van der Waals surface area contributed by atoms with Crippen LogP contribution in [0.1, 0.15) is 49.2 Å². The van der Waals surface area contributed by atoms with Crippen LogP contribution in [0.15, 0.2) is 23.7 Å². The Bertz CT molecular complexity index is 698. The van der Waals surface area contributed by atoms with E-state index in [1.54, 1.807) is 13.1 Å². The van der Waals surface area contributed by atoms with Gasteiger partial charge < -0.3 is 14.6 Å². The molecule has 0 bridgehead atoms. The molecular weight excluding hydrogens is 346 g/mol. The molecule has 1 heterocycles. The molecular formula is C18H23BF3NO3. The molecule has 1 aliphatic rings.